The van der Waals surface area contributed by atoms with Crippen LogP contribution in [0.1, 0.15) is 5.69 Å². The van der Waals surface area contributed by atoms with Crippen molar-refractivity contribution >= 4 is 51.8 Å². The van der Waals surface area contributed by atoms with Crippen molar-refractivity contribution in [2.75, 3.05) is 11.9 Å². The first kappa shape index (κ1) is 18.5. The number of anilines is 1. The highest BCUT2D eigenvalue weighted by atomic mass is 35.5. The van der Waals surface area contributed by atoms with E-state index in [1.165, 1.54) is 23.5 Å². The summed E-state index contributed by atoms with van der Waals surface area (Å²) in [6, 6.07) is 7.65. The van der Waals surface area contributed by atoms with Gasteiger partial charge in [0.1, 0.15) is 10.8 Å². The summed E-state index contributed by atoms with van der Waals surface area (Å²) in [4.78, 5) is 29.0. The molecule has 1 amide bonds. The molecular weight excluding hydrogens is 399 g/mol. The van der Waals surface area contributed by atoms with Crippen LogP contribution in [0.4, 0.5) is 10.1 Å². The predicted molar refractivity (Wildman–Crippen MR) is 100 cm³/mol. The fourth-order valence-corrected chi connectivity index (χ4v) is 3.83. The Hall–Kier alpha value is -2.29. The van der Waals surface area contributed by atoms with Crippen LogP contribution in [-0.4, -0.2) is 23.5 Å². The van der Waals surface area contributed by atoms with Crippen molar-refractivity contribution in [3.8, 4) is 9.88 Å². The number of esters is 1. The summed E-state index contributed by atoms with van der Waals surface area (Å²) in [5, 5.41) is 7.14. The number of thiazole rings is 1. The molecule has 3 rings (SSSR count). The second kappa shape index (κ2) is 8.39. The number of carbonyl (C=O) groups is 2. The van der Waals surface area contributed by atoms with Crippen LogP contribution in [0, 0.1) is 5.82 Å². The lowest BCUT2D eigenvalue weighted by Crippen LogP contribution is -2.22. The van der Waals surface area contributed by atoms with E-state index in [0.29, 0.717) is 5.69 Å². The maximum Gasteiger partial charge on any atom is 0.312 e. The molecule has 0 atom stereocenters. The quantitative estimate of drug-likeness (QED) is 0.612. The first-order valence-electron chi connectivity index (χ1n) is 7.40. The Balaban J connectivity index is 1.49. The lowest BCUT2D eigenvalue weighted by atomic mass is 10.3. The molecule has 0 unspecified atom stereocenters. The van der Waals surface area contributed by atoms with Gasteiger partial charge in [-0.1, -0.05) is 17.7 Å². The van der Waals surface area contributed by atoms with Crippen molar-refractivity contribution < 1.29 is 18.7 Å². The standard InChI is InChI=1S/C17H12ClFN2O3S2/c18-10-3-4-12(19)13(6-10)21-15(22)8-24-16(23)7-11-9-26-17(20-11)14-2-1-5-25-14/h1-6,9H,7-8H2,(H,21,22). The van der Waals surface area contributed by atoms with Crippen LogP contribution in [0.5, 0.6) is 0 Å². The average molecular weight is 411 g/mol. The smallest absolute Gasteiger partial charge is 0.312 e. The normalized spacial score (nSPS) is 10.5. The van der Waals surface area contributed by atoms with Gasteiger partial charge in [-0.25, -0.2) is 9.37 Å². The fraction of sp³-hybridized carbons (Fsp3) is 0.118. The maximum atomic E-state index is 13.5. The van der Waals surface area contributed by atoms with Crippen molar-refractivity contribution in [1.29, 1.82) is 0 Å². The molecular formula is C17H12ClFN2O3S2. The number of rotatable bonds is 6. The number of nitrogens with zero attached hydrogens (tertiary/aromatic N) is 1. The van der Waals surface area contributed by atoms with Gasteiger partial charge in [-0.05, 0) is 29.6 Å². The minimum absolute atomic E-state index is 0.0410. The summed E-state index contributed by atoms with van der Waals surface area (Å²) < 4.78 is 18.5. The SMILES string of the molecule is O=C(COC(=O)Cc1csc(-c2cccs2)n1)Nc1cc(Cl)ccc1F. The monoisotopic (exact) mass is 410 g/mol. The van der Waals surface area contributed by atoms with E-state index in [1.54, 1.807) is 16.7 Å². The molecule has 0 radical (unpaired) electrons. The third kappa shape index (κ3) is 4.87. The van der Waals surface area contributed by atoms with Gasteiger partial charge in [0.05, 0.1) is 22.7 Å². The van der Waals surface area contributed by atoms with Crippen LogP contribution in [0.2, 0.25) is 5.02 Å². The predicted octanol–water partition coefficient (Wildman–Crippen LogP) is 4.39. The second-order valence-corrected chi connectivity index (χ2v) is 7.37. The summed E-state index contributed by atoms with van der Waals surface area (Å²) >= 11 is 8.75. The van der Waals surface area contributed by atoms with Gasteiger partial charge in [-0.3, -0.25) is 9.59 Å². The Kier molecular flexibility index (Phi) is 5.97. The van der Waals surface area contributed by atoms with Gasteiger partial charge in [-0.2, -0.15) is 0 Å². The van der Waals surface area contributed by atoms with E-state index in [1.807, 2.05) is 17.5 Å². The zero-order chi connectivity index (χ0) is 18.5. The first-order valence-corrected chi connectivity index (χ1v) is 9.54. The second-order valence-electron chi connectivity index (χ2n) is 5.13. The molecule has 0 saturated heterocycles. The molecule has 0 fully saturated rings. The molecule has 0 saturated carbocycles. The molecule has 2 aromatic heterocycles. The summed E-state index contributed by atoms with van der Waals surface area (Å²) in [5.41, 5.74) is 0.503. The number of aromatic nitrogens is 1. The number of benzene rings is 1. The van der Waals surface area contributed by atoms with Crippen molar-refractivity contribution in [3.05, 3.63) is 57.6 Å². The molecule has 0 bridgehead atoms. The van der Waals surface area contributed by atoms with E-state index in [-0.39, 0.29) is 17.1 Å². The van der Waals surface area contributed by atoms with E-state index < -0.39 is 24.3 Å². The lowest BCUT2D eigenvalue weighted by Gasteiger charge is -2.07. The average Bonchev–Trinajstić information content (AvgIpc) is 3.28. The topological polar surface area (TPSA) is 68.3 Å². The highest BCUT2D eigenvalue weighted by Gasteiger charge is 2.13. The van der Waals surface area contributed by atoms with Crippen LogP contribution in [0.3, 0.4) is 0 Å². The highest BCUT2D eigenvalue weighted by molar-refractivity contribution is 7.20. The molecule has 26 heavy (non-hydrogen) atoms. The number of nitrogens with one attached hydrogen (secondary N) is 1. The molecule has 2 heterocycles. The van der Waals surface area contributed by atoms with E-state index in [9.17, 15) is 14.0 Å². The fourth-order valence-electron chi connectivity index (χ4n) is 2.03. The van der Waals surface area contributed by atoms with Gasteiger partial charge < -0.3 is 10.1 Å². The maximum absolute atomic E-state index is 13.5. The Morgan fingerprint density at radius 1 is 1.27 bits per heavy atom. The number of ether oxygens (including phenoxy) is 1. The summed E-state index contributed by atoms with van der Waals surface area (Å²) in [6.45, 7) is -0.521. The van der Waals surface area contributed by atoms with Gasteiger partial charge in [0.2, 0.25) is 0 Å². The number of halogens is 2. The largest absolute Gasteiger partial charge is 0.455 e. The molecule has 3 aromatic rings. The highest BCUT2D eigenvalue weighted by Crippen LogP contribution is 2.28. The third-order valence-electron chi connectivity index (χ3n) is 3.18. The molecule has 5 nitrogen and oxygen atoms in total. The minimum Gasteiger partial charge on any atom is -0.455 e. The molecule has 0 aliphatic carbocycles. The molecule has 1 aromatic carbocycles. The lowest BCUT2D eigenvalue weighted by molar-refractivity contribution is -0.146. The van der Waals surface area contributed by atoms with Gasteiger partial charge in [0.15, 0.2) is 6.61 Å². The molecule has 0 spiro atoms. The Labute approximate surface area is 161 Å². The van der Waals surface area contributed by atoms with Crippen LogP contribution in [-0.2, 0) is 20.7 Å². The molecule has 0 aliphatic rings. The van der Waals surface area contributed by atoms with E-state index in [2.05, 4.69) is 10.3 Å². The molecule has 0 aliphatic heterocycles. The number of thiophene rings is 1. The van der Waals surface area contributed by atoms with E-state index >= 15 is 0 Å². The van der Waals surface area contributed by atoms with Gasteiger partial charge in [-0.15, -0.1) is 22.7 Å². The minimum atomic E-state index is -0.655. The molecule has 134 valence electrons. The van der Waals surface area contributed by atoms with E-state index in [4.69, 9.17) is 16.3 Å². The number of hydrogen-bond donors (Lipinski definition) is 1. The zero-order valence-corrected chi connectivity index (χ0v) is 15.6. The Morgan fingerprint density at radius 2 is 2.12 bits per heavy atom. The molecule has 9 heteroatoms. The number of carbonyl (C=O) groups excluding carboxylic acids is 2. The van der Waals surface area contributed by atoms with Crippen LogP contribution in [0.15, 0.2) is 41.1 Å². The third-order valence-corrected chi connectivity index (χ3v) is 5.34. The zero-order valence-electron chi connectivity index (χ0n) is 13.2. The van der Waals surface area contributed by atoms with Crippen LogP contribution >= 0.6 is 34.3 Å². The molecule has 1 N–H and O–H groups in total. The van der Waals surface area contributed by atoms with Crippen molar-refractivity contribution in [2.45, 2.75) is 6.42 Å². The first-order chi connectivity index (χ1) is 12.5. The van der Waals surface area contributed by atoms with Gasteiger partial charge >= 0.3 is 5.97 Å². The summed E-state index contributed by atoms with van der Waals surface area (Å²) in [7, 11) is 0. The number of amides is 1. The van der Waals surface area contributed by atoms with Gasteiger partial charge in [0, 0.05) is 10.4 Å². The van der Waals surface area contributed by atoms with Crippen molar-refractivity contribution in [1.82, 2.24) is 4.98 Å². The van der Waals surface area contributed by atoms with Crippen molar-refractivity contribution in [2.24, 2.45) is 0 Å². The van der Waals surface area contributed by atoms with Crippen LogP contribution < -0.4 is 5.32 Å². The van der Waals surface area contributed by atoms with Gasteiger partial charge in [0.25, 0.3) is 5.91 Å². The van der Waals surface area contributed by atoms with Crippen molar-refractivity contribution in [3.63, 3.8) is 0 Å². The number of hydrogen-bond acceptors (Lipinski definition) is 6. The Morgan fingerprint density at radius 3 is 2.88 bits per heavy atom. The summed E-state index contributed by atoms with van der Waals surface area (Å²) in [6.07, 6.45) is -0.0410. The Bertz CT molecular complexity index is 928. The van der Waals surface area contributed by atoms with Crippen LogP contribution in [0.25, 0.3) is 9.88 Å². The van der Waals surface area contributed by atoms with E-state index in [0.717, 1.165) is 16.0 Å². The summed E-state index contributed by atoms with van der Waals surface area (Å²) in [5.74, 6) is -1.87.